The fourth-order valence-electron chi connectivity index (χ4n) is 2.63. The lowest BCUT2D eigenvalue weighted by Crippen LogP contribution is -2.44. The van der Waals surface area contributed by atoms with Gasteiger partial charge >= 0.3 is 0 Å². The third kappa shape index (κ3) is 2.34. The molecule has 5 heteroatoms. The fraction of sp³-hybridized carbons (Fsp3) is 0.467. The monoisotopic (exact) mass is 273 g/mol. The Hall–Kier alpha value is -1.72. The fourth-order valence-corrected chi connectivity index (χ4v) is 2.63. The van der Waals surface area contributed by atoms with E-state index in [9.17, 15) is 4.79 Å². The Labute approximate surface area is 117 Å². The molecule has 5 nitrogen and oxygen atoms in total. The first-order valence-corrected chi connectivity index (χ1v) is 6.93. The zero-order valence-electron chi connectivity index (χ0n) is 11.9. The second kappa shape index (κ2) is 5.34. The maximum Gasteiger partial charge on any atom is 0.273 e. The Balaban J connectivity index is 1.99. The molecule has 1 aromatic carbocycles. The van der Waals surface area contributed by atoms with Gasteiger partial charge in [0.25, 0.3) is 5.56 Å². The smallest absolute Gasteiger partial charge is 0.273 e. The number of rotatable bonds is 2. The molecule has 1 unspecified atom stereocenters. The molecule has 1 fully saturated rings. The molecule has 20 heavy (non-hydrogen) atoms. The molecule has 1 aliphatic rings. The van der Waals surface area contributed by atoms with Crippen LogP contribution in [0.25, 0.3) is 11.0 Å². The maximum absolute atomic E-state index is 12.4. The summed E-state index contributed by atoms with van der Waals surface area (Å²) in [5.74, 6) is 0. The van der Waals surface area contributed by atoms with Crippen molar-refractivity contribution in [2.45, 2.75) is 19.5 Å². The number of fused-ring (bicyclic) bond motifs is 1. The summed E-state index contributed by atoms with van der Waals surface area (Å²) in [6.07, 6.45) is 0. The van der Waals surface area contributed by atoms with E-state index in [0.717, 1.165) is 24.2 Å². The van der Waals surface area contributed by atoms with E-state index in [2.05, 4.69) is 16.8 Å². The van der Waals surface area contributed by atoms with E-state index >= 15 is 0 Å². The Morgan fingerprint density at radius 3 is 3.00 bits per heavy atom. The van der Waals surface area contributed by atoms with Gasteiger partial charge in [-0.25, -0.2) is 4.98 Å². The number of aromatic nitrogens is 2. The van der Waals surface area contributed by atoms with Gasteiger partial charge in [0.15, 0.2) is 0 Å². The van der Waals surface area contributed by atoms with Crippen molar-refractivity contribution in [3.63, 3.8) is 0 Å². The number of benzene rings is 1. The van der Waals surface area contributed by atoms with Crippen molar-refractivity contribution in [1.29, 1.82) is 0 Å². The Kier molecular flexibility index (Phi) is 3.54. The standard InChI is InChI=1S/C15H19N3O2/c1-11-10-20-8-7-18(11)9-13-15(19)17(2)14-6-4-3-5-12(14)16-13/h3-6,11H,7-10H2,1-2H3. The van der Waals surface area contributed by atoms with Crippen LogP contribution in [0.5, 0.6) is 0 Å². The molecule has 1 aliphatic heterocycles. The molecule has 0 bridgehead atoms. The van der Waals surface area contributed by atoms with Crippen LogP contribution in [-0.4, -0.2) is 40.3 Å². The second-order valence-electron chi connectivity index (χ2n) is 5.31. The number of para-hydroxylation sites is 2. The summed E-state index contributed by atoms with van der Waals surface area (Å²) in [6, 6.07) is 8.06. The molecular weight excluding hydrogens is 254 g/mol. The minimum Gasteiger partial charge on any atom is -0.379 e. The van der Waals surface area contributed by atoms with Gasteiger partial charge in [0, 0.05) is 26.2 Å². The number of hydrogen-bond donors (Lipinski definition) is 0. The van der Waals surface area contributed by atoms with E-state index in [1.165, 1.54) is 0 Å². The molecule has 0 amide bonds. The highest BCUT2D eigenvalue weighted by molar-refractivity contribution is 5.74. The molecule has 106 valence electrons. The Morgan fingerprint density at radius 2 is 2.20 bits per heavy atom. The molecule has 0 radical (unpaired) electrons. The zero-order valence-corrected chi connectivity index (χ0v) is 11.9. The summed E-state index contributed by atoms with van der Waals surface area (Å²) in [6.45, 7) is 4.98. The largest absolute Gasteiger partial charge is 0.379 e. The van der Waals surface area contributed by atoms with Gasteiger partial charge in [-0.05, 0) is 19.1 Å². The first-order chi connectivity index (χ1) is 9.66. The minimum absolute atomic E-state index is 0.0117. The van der Waals surface area contributed by atoms with E-state index in [4.69, 9.17) is 4.74 Å². The van der Waals surface area contributed by atoms with Crippen LogP contribution in [0.1, 0.15) is 12.6 Å². The van der Waals surface area contributed by atoms with Crippen molar-refractivity contribution in [1.82, 2.24) is 14.5 Å². The van der Waals surface area contributed by atoms with Crippen molar-refractivity contribution >= 4 is 11.0 Å². The predicted molar refractivity (Wildman–Crippen MR) is 77.7 cm³/mol. The van der Waals surface area contributed by atoms with Crippen LogP contribution >= 0.6 is 0 Å². The van der Waals surface area contributed by atoms with Crippen LogP contribution in [0.15, 0.2) is 29.1 Å². The van der Waals surface area contributed by atoms with Gasteiger partial charge < -0.3 is 9.30 Å². The van der Waals surface area contributed by atoms with Crippen molar-refractivity contribution in [3.05, 3.63) is 40.3 Å². The van der Waals surface area contributed by atoms with E-state index in [0.29, 0.717) is 24.9 Å². The molecule has 0 saturated carbocycles. The number of hydrogen-bond acceptors (Lipinski definition) is 4. The predicted octanol–water partition coefficient (Wildman–Crippen LogP) is 1.15. The highest BCUT2D eigenvalue weighted by Gasteiger charge is 2.21. The molecule has 2 aromatic rings. The molecule has 0 N–H and O–H groups in total. The number of nitrogens with zero attached hydrogens (tertiary/aromatic N) is 3. The summed E-state index contributed by atoms with van der Waals surface area (Å²) >= 11 is 0. The van der Waals surface area contributed by atoms with Crippen molar-refractivity contribution in [2.24, 2.45) is 7.05 Å². The Bertz CT molecular complexity index is 680. The van der Waals surface area contributed by atoms with Gasteiger partial charge in [0.1, 0.15) is 5.69 Å². The van der Waals surface area contributed by atoms with Crippen LogP contribution in [-0.2, 0) is 18.3 Å². The zero-order chi connectivity index (χ0) is 14.1. The summed E-state index contributed by atoms with van der Waals surface area (Å²) in [5, 5.41) is 0. The highest BCUT2D eigenvalue weighted by Crippen LogP contribution is 2.12. The first-order valence-electron chi connectivity index (χ1n) is 6.93. The molecule has 3 rings (SSSR count). The normalized spacial score (nSPS) is 20.4. The van der Waals surface area contributed by atoms with E-state index in [-0.39, 0.29) is 5.56 Å². The molecule has 2 heterocycles. The maximum atomic E-state index is 12.4. The van der Waals surface area contributed by atoms with Crippen LogP contribution in [0.2, 0.25) is 0 Å². The summed E-state index contributed by atoms with van der Waals surface area (Å²) in [7, 11) is 1.80. The average molecular weight is 273 g/mol. The lowest BCUT2D eigenvalue weighted by atomic mass is 10.2. The van der Waals surface area contributed by atoms with Crippen molar-refractivity contribution < 1.29 is 4.74 Å². The van der Waals surface area contributed by atoms with E-state index < -0.39 is 0 Å². The van der Waals surface area contributed by atoms with Crippen molar-refractivity contribution in [3.8, 4) is 0 Å². The third-order valence-corrected chi connectivity index (χ3v) is 3.91. The second-order valence-corrected chi connectivity index (χ2v) is 5.31. The van der Waals surface area contributed by atoms with Gasteiger partial charge in [-0.1, -0.05) is 12.1 Å². The summed E-state index contributed by atoms with van der Waals surface area (Å²) in [4.78, 5) is 19.2. The van der Waals surface area contributed by atoms with Gasteiger partial charge in [-0.15, -0.1) is 0 Å². The van der Waals surface area contributed by atoms with E-state index in [1.54, 1.807) is 11.6 Å². The van der Waals surface area contributed by atoms with Crippen LogP contribution in [0.4, 0.5) is 0 Å². The molecular formula is C15H19N3O2. The SMILES string of the molecule is CC1COCCN1Cc1nc2ccccc2n(C)c1=O. The van der Waals surface area contributed by atoms with Gasteiger partial charge in [0.05, 0.1) is 24.2 Å². The van der Waals surface area contributed by atoms with Crippen LogP contribution in [0.3, 0.4) is 0 Å². The number of aryl methyl sites for hydroxylation is 1. The highest BCUT2D eigenvalue weighted by atomic mass is 16.5. The summed E-state index contributed by atoms with van der Waals surface area (Å²) in [5.41, 5.74) is 2.34. The number of morpholine rings is 1. The molecule has 0 spiro atoms. The number of ether oxygens (including phenoxy) is 1. The lowest BCUT2D eigenvalue weighted by molar-refractivity contribution is -0.00509. The summed E-state index contributed by atoms with van der Waals surface area (Å²) < 4.78 is 7.11. The molecule has 1 atom stereocenters. The molecule has 1 saturated heterocycles. The van der Waals surface area contributed by atoms with E-state index in [1.807, 2.05) is 24.3 Å². The van der Waals surface area contributed by atoms with Crippen molar-refractivity contribution in [2.75, 3.05) is 19.8 Å². The third-order valence-electron chi connectivity index (χ3n) is 3.91. The minimum atomic E-state index is -0.0117. The Morgan fingerprint density at radius 1 is 1.40 bits per heavy atom. The van der Waals surface area contributed by atoms with Crippen LogP contribution in [0, 0.1) is 0 Å². The topological polar surface area (TPSA) is 47.4 Å². The lowest BCUT2D eigenvalue weighted by Gasteiger charge is -2.32. The average Bonchev–Trinajstić information content (AvgIpc) is 2.47. The van der Waals surface area contributed by atoms with Gasteiger partial charge in [-0.3, -0.25) is 9.69 Å². The van der Waals surface area contributed by atoms with Crippen LogP contribution < -0.4 is 5.56 Å². The quantitative estimate of drug-likeness (QED) is 0.823. The first kappa shape index (κ1) is 13.3. The van der Waals surface area contributed by atoms with Gasteiger partial charge in [0.2, 0.25) is 0 Å². The van der Waals surface area contributed by atoms with Gasteiger partial charge in [-0.2, -0.15) is 0 Å². The molecule has 0 aliphatic carbocycles. The molecule has 1 aromatic heterocycles.